The zero-order valence-corrected chi connectivity index (χ0v) is 12.3. The van der Waals surface area contributed by atoms with Crippen LogP contribution in [0.2, 0.25) is 0 Å². The summed E-state index contributed by atoms with van der Waals surface area (Å²) in [4.78, 5) is 5.12. The number of nitrogens with one attached hydrogen (secondary N) is 2. The van der Waals surface area contributed by atoms with Gasteiger partial charge in [-0.2, -0.15) is 0 Å². The molecule has 0 amide bonds. The molecule has 0 spiro atoms. The maximum absolute atomic E-state index is 11.9. The van der Waals surface area contributed by atoms with Crippen molar-refractivity contribution in [3.05, 3.63) is 18.0 Å². The molecule has 0 aliphatic carbocycles. The van der Waals surface area contributed by atoms with Gasteiger partial charge in [0.25, 0.3) is 0 Å². The van der Waals surface area contributed by atoms with E-state index in [1.54, 1.807) is 0 Å². The van der Waals surface area contributed by atoms with Gasteiger partial charge in [0.05, 0.1) is 11.5 Å². The molecule has 6 nitrogen and oxygen atoms in total. The molecule has 1 heterocycles. The van der Waals surface area contributed by atoms with Crippen LogP contribution in [0, 0.1) is 0 Å². The van der Waals surface area contributed by atoms with E-state index >= 15 is 0 Å². The fraction of sp³-hybridized carbons (Fsp3) is 0.667. The lowest BCUT2D eigenvalue weighted by Gasteiger charge is -2.17. The van der Waals surface area contributed by atoms with E-state index in [2.05, 4.69) is 28.5 Å². The number of aliphatic hydroxyl groups is 1. The highest BCUT2D eigenvalue weighted by Crippen LogP contribution is 2.10. The monoisotopic (exact) mass is 289 g/mol. The van der Waals surface area contributed by atoms with Crippen LogP contribution in [-0.2, 0) is 16.6 Å². The van der Waals surface area contributed by atoms with E-state index in [9.17, 15) is 8.42 Å². The van der Waals surface area contributed by atoms with Crippen molar-refractivity contribution in [3.8, 4) is 0 Å². The second-order valence-electron chi connectivity index (χ2n) is 4.30. The average Bonchev–Trinajstić information content (AvgIpc) is 2.88. The molecule has 110 valence electrons. The van der Waals surface area contributed by atoms with Gasteiger partial charge in [-0.3, -0.25) is 0 Å². The fourth-order valence-corrected chi connectivity index (χ4v) is 2.89. The molecule has 0 aromatic carbocycles. The van der Waals surface area contributed by atoms with E-state index in [4.69, 9.17) is 5.11 Å². The Hall–Kier alpha value is -0.890. The van der Waals surface area contributed by atoms with Crippen LogP contribution in [0.15, 0.2) is 17.2 Å². The quantitative estimate of drug-likeness (QED) is 0.579. The molecule has 0 aliphatic heterocycles. The minimum absolute atomic E-state index is 0.166. The topological polar surface area (TPSA) is 85.4 Å². The van der Waals surface area contributed by atoms with Crippen LogP contribution in [0.25, 0.3) is 0 Å². The molecule has 0 fully saturated rings. The molecular formula is C12H23N3O3S. The third-order valence-corrected chi connectivity index (χ3v) is 4.48. The molecule has 0 saturated heterocycles. The normalized spacial score (nSPS) is 12.2. The van der Waals surface area contributed by atoms with Crippen LogP contribution in [-0.4, -0.2) is 49.6 Å². The number of aromatic nitrogens is 1. The van der Waals surface area contributed by atoms with Gasteiger partial charge in [0.2, 0.25) is 10.0 Å². The summed E-state index contributed by atoms with van der Waals surface area (Å²) in [7, 11) is -3.47. The molecule has 19 heavy (non-hydrogen) atoms. The van der Waals surface area contributed by atoms with Crippen LogP contribution in [0.3, 0.4) is 0 Å². The lowest BCUT2D eigenvalue weighted by atomic mass is 10.4. The Balaban J connectivity index is 2.43. The first-order chi connectivity index (χ1) is 9.03. The molecule has 1 aromatic heterocycles. The summed E-state index contributed by atoms with van der Waals surface area (Å²) in [5.74, 6) is 0. The predicted octanol–water partition coefficient (Wildman–Crippen LogP) is 0.517. The molecule has 0 unspecified atom stereocenters. The molecule has 0 saturated carbocycles. The Kier molecular flexibility index (Phi) is 6.50. The van der Waals surface area contributed by atoms with Crippen molar-refractivity contribution in [2.45, 2.75) is 31.8 Å². The highest BCUT2D eigenvalue weighted by Gasteiger charge is 2.15. The lowest BCUT2D eigenvalue weighted by Crippen LogP contribution is -2.29. The average molecular weight is 289 g/mol. The smallest absolute Gasteiger partial charge is 0.242 e. The molecule has 1 rings (SSSR count). The number of hydrogen-bond donors (Lipinski definition) is 3. The Bertz CT molecular complexity index is 466. The van der Waals surface area contributed by atoms with Crippen molar-refractivity contribution in [3.63, 3.8) is 0 Å². The number of H-pyrrole nitrogens is 1. The first-order valence-corrected chi connectivity index (χ1v) is 8.02. The second kappa shape index (κ2) is 7.64. The number of sulfonamides is 1. The van der Waals surface area contributed by atoms with Crippen molar-refractivity contribution in [1.82, 2.24) is 14.6 Å². The molecule has 7 heteroatoms. The van der Waals surface area contributed by atoms with Gasteiger partial charge >= 0.3 is 0 Å². The molecule has 0 bridgehead atoms. The van der Waals surface area contributed by atoms with Crippen molar-refractivity contribution in [1.29, 1.82) is 0 Å². The van der Waals surface area contributed by atoms with Crippen LogP contribution < -0.4 is 4.72 Å². The van der Waals surface area contributed by atoms with E-state index in [1.165, 1.54) is 12.3 Å². The van der Waals surface area contributed by atoms with Gasteiger partial charge in [-0.1, -0.05) is 13.8 Å². The fourth-order valence-electron chi connectivity index (χ4n) is 1.80. The Labute approximate surface area is 114 Å². The van der Waals surface area contributed by atoms with E-state index in [1.807, 2.05) is 0 Å². The first-order valence-electron chi connectivity index (χ1n) is 6.53. The molecular weight excluding hydrogens is 266 g/mol. The highest BCUT2D eigenvalue weighted by atomic mass is 32.2. The Morgan fingerprint density at radius 2 is 2.05 bits per heavy atom. The highest BCUT2D eigenvalue weighted by molar-refractivity contribution is 7.89. The summed E-state index contributed by atoms with van der Waals surface area (Å²) in [5.41, 5.74) is 0.489. The number of rotatable bonds is 9. The second-order valence-corrected chi connectivity index (χ2v) is 6.06. The van der Waals surface area contributed by atoms with Gasteiger partial charge in [0.15, 0.2) is 0 Å². The Morgan fingerprint density at radius 1 is 1.37 bits per heavy atom. The molecule has 0 aliphatic rings. The van der Waals surface area contributed by atoms with Gasteiger partial charge in [-0.05, 0) is 32.1 Å². The minimum Gasteiger partial charge on any atom is -0.390 e. The maximum atomic E-state index is 11.9. The summed E-state index contributed by atoms with van der Waals surface area (Å²) in [5, 5.41) is 8.89. The molecule has 3 N–H and O–H groups in total. The van der Waals surface area contributed by atoms with Gasteiger partial charge in [0, 0.05) is 18.4 Å². The van der Waals surface area contributed by atoms with Gasteiger partial charge in [-0.25, -0.2) is 13.1 Å². The van der Waals surface area contributed by atoms with Crippen molar-refractivity contribution >= 4 is 10.0 Å². The summed E-state index contributed by atoms with van der Waals surface area (Å²) < 4.78 is 26.4. The first kappa shape index (κ1) is 16.2. The molecule has 0 radical (unpaired) electrons. The van der Waals surface area contributed by atoms with Crippen molar-refractivity contribution < 1.29 is 13.5 Å². The van der Waals surface area contributed by atoms with E-state index in [-0.39, 0.29) is 11.5 Å². The van der Waals surface area contributed by atoms with Crippen molar-refractivity contribution in [2.75, 3.05) is 26.2 Å². The van der Waals surface area contributed by atoms with Gasteiger partial charge in [-0.15, -0.1) is 0 Å². The predicted molar refractivity (Wildman–Crippen MR) is 74.3 cm³/mol. The zero-order valence-electron chi connectivity index (χ0n) is 11.5. The van der Waals surface area contributed by atoms with Crippen LogP contribution in [0.5, 0.6) is 0 Å². The largest absolute Gasteiger partial charge is 0.390 e. The summed E-state index contributed by atoms with van der Waals surface area (Å²) >= 11 is 0. The third-order valence-electron chi connectivity index (χ3n) is 3.03. The standard InChI is InChI=1S/C12H23N3O3S/c1-3-15(4-2)7-5-6-14-19(17,18)12-8-11(10-16)13-9-12/h8-9,13-14,16H,3-7,10H2,1-2H3. The van der Waals surface area contributed by atoms with Crippen LogP contribution >= 0.6 is 0 Å². The molecule has 0 atom stereocenters. The maximum Gasteiger partial charge on any atom is 0.242 e. The minimum atomic E-state index is -3.47. The summed E-state index contributed by atoms with van der Waals surface area (Å²) in [6, 6.07) is 1.44. The third kappa shape index (κ3) is 4.94. The number of nitrogens with zero attached hydrogens (tertiary/aromatic N) is 1. The van der Waals surface area contributed by atoms with Crippen LogP contribution in [0.1, 0.15) is 26.0 Å². The summed E-state index contributed by atoms with van der Waals surface area (Å²) in [6.45, 7) is 7.22. The number of hydrogen-bond acceptors (Lipinski definition) is 4. The van der Waals surface area contributed by atoms with Crippen LogP contribution in [0.4, 0.5) is 0 Å². The van der Waals surface area contributed by atoms with E-state index < -0.39 is 10.0 Å². The lowest BCUT2D eigenvalue weighted by molar-refractivity contribution is 0.277. The SMILES string of the molecule is CCN(CC)CCCNS(=O)(=O)c1c[nH]c(CO)c1. The number of aliphatic hydroxyl groups excluding tert-OH is 1. The summed E-state index contributed by atoms with van der Waals surface area (Å²) in [6.07, 6.45) is 2.16. The van der Waals surface area contributed by atoms with E-state index in [0.717, 1.165) is 26.1 Å². The Morgan fingerprint density at radius 3 is 2.58 bits per heavy atom. The van der Waals surface area contributed by atoms with Gasteiger partial charge < -0.3 is 15.0 Å². The van der Waals surface area contributed by atoms with Gasteiger partial charge in [0.1, 0.15) is 0 Å². The van der Waals surface area contributed by atoms with Crippen molar-refractivity contribution in [2.24, 2.45) is 0 Å². The van der Waals surface area contributed by atoms with E-state index in [0.29, 0.717) is 12.2 Å². The number of aromatic amines is 1. The molecule has 1 aromatic rings. The zero-order chi connectivity index (χ0) is 14.3.